The standard InChI is InChI=1S/C19H24N2O4/c1-4-19(5-2)18(23)17(21-8-6-7-16(21)22)13-9-12(11-20)14(24-3)10-15(13)25-19/h9-10,17-18,23H,4-8H2,1-3H3/t17-,18+/m0/s1. The van der Waals surface area contributed by atoms with Crippen LogP contribution < -0.4 is 9.47 Å². The fourth-order valence-corrected chi connectivity index (χ4v) is 4.00. The number of nitrogens with zero attached hydrogens (tertiary/aromatic N) is 2. The fourth-order valence-electron chi connectivity index (χ4n) is 4.00. The van der Waals surface area contributed by atoms with Gasteiger partial charge < -0.3 is 19.5 Å². The summed E-state index contributed by atoms with van der Waals surface area (Å²) in [5, 5.41) is 20.6. The van der Waals surface area contributed by atoms with E-state index >= 15 is 0 Å². The first-order chi connectivity index (χ1) is 12.0. The third kappa shape index (κ3) is 2.63. The summed E-state index contributed by atoms with van der Waals surface area (Å²) in [5.41, 5.74) is 0.284. The second-order valence-electron chi connectivity index (χ2n) is 6.66. The topological polar surface area (TPSA) is 82.8 Å². The summed E-state index contributed by atoms with van der Waals surface area (Å²) in [4.78, 5) is 14.1. The maximum absolute atomic E-state index is 12.4. The molecule has 1 amide bonds. The fraction of sp³-hybridized carbons (Fsp3) is 0.579. The average molecular weight is 344 g/mol. The van der Waals surface area contributed by atoms with Crippen molar-refractivity contribution in [1.29, 1.82) is 5.26 Å². The van der Waals surface area contributed by atoms with E-state index in [4.69, 9.17) is 9.47 Å². The molecule has 6 heteroatoms. The van der Waals surface area contributed by atoms with Gasteiger partial charge in [-0.3, -0.25) is 4.79 Å². The molecular formula is C19H24N2O4. The van der Waals surface area contributed by atoms with E-state index in [1.807, 2.05) is 13.8 Å². The summed E-state index contributed by atoms with van der Waals surface area (Å²) in [6.07, 6.45) is 1.66. The predicted molar refractivity (Wildman–Crippen MR) is 91.3 cm³/mol. The Kier molecular flexibility index (Phi) is 4.61. The molecular weight excluding hydrogens is 320 g/mol. The normalized spacial score (nSPS) is 24.4. The minimum atomic E-state index is -0.850. The number of nitriles is 1. The van der Waals surface area contributed by atoms with Gasteiger partial charge in [0.15, 0.2) is 0 Å². The summed E-state index contributed by atoms with van der Waals surface area (Å²) in [7, 11) is 1.51. The van der Waals surface area contributed by atoms with Crippen molar-refractivity contribution >= 4 is 5.91 Å². The zero-order valence-electron chi connectivity index (χ0n) is 14.9. The smallest absolute Gasteiger partial charge is 0.223 e. The SMILES string of the molecule is CCC1(CC)Oc2cc(OC)c(C#N)cc2[C@H](N2CCCC2=O)[C@H]1O. The molecule has 2 heterocycles. The van der Waals surface area contributed by atoms with Crippen LogP contribution in [0.15, 0.2) is 12.1 Å². The highest BCUT2D eigenvalue weighted by Crippen LogP contribution is 2.48. The number of benzene rings is 1. The van der Waals surface area contributed by atoms with Gasteiger partial charge in [0, 0.05) is 24.6 Å². The lowest BCUT2D eigenvalue weighted by molar-refractivity contribution is -0.144. The molecule has 2 atom stereocenters. The molecule has 0 unspecified atom stereocenters. The number of hydrogen-bond acceptors (Lipinski definition) is 5. The van der Waals surface area contributed by atoms with Crippen LogP contribution in [0.3, 0.4) is 0 Å². The first-order valence-corrected chi connectivity index (χ1v) is 8.79. The highest BCUT2D eigenvalue weighted by atomic mass is 16.5. The van der Waals surface area contributed by atoms with Gasteiger partial charge in [0.1, 0.15) is 29.3 Å². The van der Waals surface area contributed by atoms with Crippen LogP contribution in [0.2, 0.25) is 0 Å². The maximum Gasteiger partial charge on any atom is 0.223 e. The molecule has 0 aromatic heterocycles. The number of aliphatic hydroxyl groups excluding tert-OH is 1. The van der Waals surface area contributed by atoms with Gasteiger partial charge >= 0.3 is 0 Å². The number of amides is 1. The third-order valence-electron chi connectivity index (χ3n) is 5.57. The lowest BCUT2D eigenvalue weighted by Gasteiger charge is -2.48. The van der Waals surface area contributed by atoms with Crippen LogP contribution in [0.5, 0.6) is 11.5 Å². The van der Waals surface area contributed by atoms with Crippen molar-refractivity contribution in [1.82, 2.24) is 4.90 Å². The van der Waals surface area contributed by atoms with Crippen LogP contribution in [0.1, 0.15) is 56.7 Å². The van der Waals surface area contributed by atoms with Gasteiger partial charge in [-0.2, -0.15) is 5.26 Å². The summed E-state index contributed by atoms with van der Waals surface area (Å²) in [5.74, 6) is 1.05. The molecule has 1 aromatic rings. The molecule has 2 aliphatic heterocycles. The molecule has 2 aliphatic rings. The first kappa shape index (κ1) is 17.6. The Labute approximate surface area is 147 Å². The lowest BCUT2D eigenvalue weighted by Crippen LogP contribution is -2.56. The van der Waals surface area contributed by atoms with Crippen molar-refractivity contribution in [2.75, 3.05) is 13.7 Å². The Balaban J connectivity index is 2.19. The molecule has 1 saturated heterocycles. The maximum atomic E-state index is 12.4. The van der Waals surface area contributed by atoms with Crippen molar-refractivity contribution in [3.63, 3.8) is 0 Å². The van der Waals surface area contributed by atoms with E-state index in [1.54, 1.807) is 17.0 Å². The summed E-state index contributed by atoms with van der Waals surface area (Å²) in [6, 6.07) is 5.00. The highest BCUT2D eigenvalue weighted by molar-refractivity contribution is 5.79. The Morgan fingerprint density at radius 1 is 1.44 bits per heavy atom. The van der Waals surface area contributed by atoms with E-state index in [0.717, 1.165) is 6.42 Å². The molecule has 134 valence electrons. The van der Waals surface area contributed by atoms with E-state index < -0.39 is 17.7 Å². The Morgan fingerprint density at radius 3 is 2.68 bits per heavy atom. The number of hydrogen-bond donors (Lipinski definition) is 1. The van der Waals surface area contributed by atoms with Crippen LogP contribution >= 0.6 is 0 Å². The number of ether oxygens (including phenoxy) is 2. The number of fused-ring (bicyclic) bond motifs is 1. The number of methoxy groups -OCH3 is 1. The average Bonchev–Trinajstić information content (AvgIpc) is 3.05. The number of carbonyl (C=O) groups excluding carboxylic acids is 1. The van der Waals surface area contributed by atoms with Crippen molar-refractivity contribution < 1.29 is 19.4 Å². The molecule has 25 heavy (non-hydrogen) atoms. The molecule has 0 radical (unpaired) electrons. The summed E-state index contributed by atoms with van der Waals surface area (Å²) in [6.45, 7) is 4.56. The molecule has 3 rings (SSSR count). The Morgan fingerprint density at radius 2 is 2.16 bits per heavy atom. The predicted octanol–water partition coefficient (Wildman–Crippen LogP) is 2.54. The number of likely N-dealkylation sites (tertiary alicyclic amines) is 1. The second kappa shape index (κ2) is 6.57. The zero-order valence-corrected chi connectivity index (χ0v) is 14.9. The van der Waals surface area contributed by atoms with Gasteiger partial charge in [-0.25, -0.2) is 0 Å². The molecule has 0 saturated carbocycles. The molecule has 1 fully saturated rings. The summed E-state index contributed by atoms with van der Waals surface area (Å²) >= 11 is 0. The largest absolute Gasteiger partial charge is 0.495 e. The molecule has 0 aliphatic carbocycles. The van der Waals surface area contributed by atoms with Crippen molar-refractivity contribution in [2.45, 2.75) is 57.3 Å². The molecule has 1 N–H and O–H groups in total. The van der Waals surface area contributed by atoms with Crippen LogP contribution in [0, 0.1) is 11.3 Å². The molecule has 0 bridgehead atoms. The Hall–Kier alpha value is -2.26. The number of rotatable bonds is 4. The van der Waals surface area contributed by atoms with Crippen molar-refractivity contribution in [2.24, 2.45) is 0 Å². The first-order valence-electron chi connectivity index (χ1n) is 8.79. The van der Waals surface area contributed by atoms with E-state index in [2.05, 4.69) is 6.07 Å². The Bertz CT molecular complexity index is 721. The molecule has 6 nitrogen and oxygen atoms in total. The number of aliphatic hydroxyl groups is 1. The zero-order chi connectivity index (χ0) is 18.2. The van der Waals surface area contributed by atoms with Gasteiger partial charge in [0.25, 0.3) is 0 Å². The lowest BCUT2D eigenvalue weighted by atomic mass is 9.79. The molecule has 0 spiro atoms. The van der Waals surface area contributed by atoms with Gasteiger partial charge in [-0.05, 0) is 25.3 Å². The second-order valence-corrected chi connectivity index (χ2v) is 6.66. The van der Waals surface area contributed by atoms with Crippen LogP contribution in [0.25, 0.3) is 0 Å². The van der Waals surface area contributed by atoms with E-state index in [-0.39, 0.29) is 5.91 Å². The van der Waals surface area contributed by atoms with Crippen LogP contribution in [-0.2, 0) is 4.79 Å². The third-order valence-corrected chi connectivity index (χ3v) is 5.57. The van der Waals surface area contributed by atoms with Gasteiger partial charge in [-0.15, -0.1) is 0 Å². The van der Waals surface area contributed by atoms with Crippen molar-refractivity contribution in [3.8, 4) is 17.6 Å². The monoisotopic (exact) mass is 344 g/mol. The van der Waals surface area contributed by atoms with Gasteiger partial charge in [0.2, 0.25) is 5.91 Å². The van der Waals surface area contributed by atoms with E-state index in [9.17, 15) is 15.2 Å². The minimum absolute atomic E-state index is 0.0346. The quantitative estimate of drug-likeness (QED) is 0.907. The minimum Gasteiger partial charge on any atom is -0.495 e. The van der Waals surface area contributed by atoms with Gasteiger partial charge in [-0.1, -0.05) is 13.8 Å². The molecule has 1 aromatic carbocycles. The van der Waals surface area contributed by atoms with Crippen molar-refractivity contribution in [3.05, 3.63) is 23.3 Å². The number of carbonyl (C=O) groups is 1. The van der Waals surface area contributed by atoms with E-state index in [0.29, 0.717) is 48.4 Å². The van der Waals surface area contributed by atoms with Crippen LogP contribution in [0.4, 0.5) is 0 Å². The summed E-state index contributed by atoms with van der Waals surface area (Å²) < 4.78 is 11.5. The van der Waals surface area contributed by atoms with E-state index in [1.165, 1.54) is 7.11 Å². The van der Waals surface area contributed by atoms with Gasteiger partial charge in [0.05, 0.1) is 18.7 Å². The van der Waals surface area contributed by atoms with Crippen LogP contribution in [-0.4, -0.2) is 41.3 Å². The highest BCUT2D eigenvalue weighted by Gasteiger charge is 2.51.